The van der Waals surface area contributed by atoms with Gasteiger partial charge in [0.15, 0.2) is 0 Å². The zero-order valence-electron chi connectivity index (χ0n) is 6.94. The van der Waals surface area contributed by atoms with Gasteiger partial charge in [0.1, 0.15) is 5.88 Å². The first-order valence-electron chi connectivity index (χ1n) is 3.70. The van der Waals surface area contributed by atoms with Crippen LogP contribution in [0.5, 0.6) is 0 Å². The van der Waals surface area contributed by atoms with Crippen LogP contribution in [0.15, 0.2) is 4.42 Å². The molecule has 8 heteroatoms. The fourth-order valence-corrected chi connectivity index (χ4v) is 0.798. The van der Waals surface area contributed by atoms with Gasteiger partial charge >= 0.3 is 12.2 Å². The van der Waals surface area contributed by atoms with E-state index in [0.717, 1.165) is 0 Å². The maximum atomic E-state index is 11.7. The molecule has 1 heterocycles. The normalized spacial score (nSPS) is 11.7. The fourth-order valence-electron chi connectivity index (χ4n) is 0.690. The monoisotopic (exact) mass is 229 g/mol. The number of halogens is 4. The number of nitrogens with zero attached hydrogens (tertiary/aromatic N) is 2. The predicted molar refractivity (Wildman–Crippen MR) is 43.0 cm³/mol. The molecule has 0 aromatic carbocycles. The van der Waals surface area contributed by atoms with Gasteiger partial charge in [-0.2, -0.15) is 13.2 Å². The van der Waals surface area contributed by atoms with Gasteiger partial charge in [-0.1, -0.05) is 5.10 Å². The molecule has 0 aliphatic rings. The summed E-state index contributed by atoms with van der Waals surface area (Å²) in [5.74, 6) is 0.203. The summed E-state index contributed by atoms with van der Waals surface area (Å²) in [7, 11) is 0. The quantitative estimate of drug-likeness (QED) is 0.804. The largest absolute Gasteiger partial charge is 0.407 e. The van der Waals surface area contributed by atoms with E-state index in [-0.39, 0.29) is 24.3 Å². The third-order valence-corrected chi connectivity index (χ3v) is 1.49. The molecular formula is C6H7ClF3N3O. The number of alkyl halides is 4. The number of hydrogen-bond donors (Lipinski definition) is 1. The topological polar surface area (TPSA) is 51.0 Å². The predicted octanol–water partition coefficient (Wildman–Crippen LogP) is 2.17. The van der Waals surface area contributed by atoms with Crippen molar-refractivity contribution in [3.05, 3.63) is 5.89 Å². The summed E-state index contributed by atoms with van der Waals surface area (Å²) < 4.78 is 39.9. The van der Waals surface area contributed by atoms with E-state index in [9.17, 15) is 13.2 Å². The van der Waals surface area contributed by atoms with Gasteiger partial charge in [0.25, 0.3) is 0 Å². The van der Waals surface area contributed by atoms with Gasteiger partial charge in [0.05, 0.1) is 6.42 Å². The minimum Gasteiger partial charge on any atom is -0.407 e. The molecule has 1 N–H and O–H groups in total. The molecule has 0 aliphatic heterocycles. The van der Waals surface area contributed by atoms with Crippen LogP contribution in [0.3, 0.4) is 0 Å². The number of anilines is 1. The Balaban J connectivity index is 2.31. The van der Waals surface area contributed by atoms with E-state index in [1.165, 1.54) is 0 Å². The summed E-state index contributed by atoms with van der Waals surface area (Å²) in [6.45, 7) is -0.298. The van der Waals surface area contributed by atoms with Crippen LogP contribution in [-0.4, -0.2) is 22.9 Å². The standard InChI is InChI=1S/C6H7ClF3N3O/c7-3-4-12-13-5(14-4)11-2-1-6(8,9)10/h1-3H2,(H,11,13). The van der Waals surface area contributed by atoms with Crippen molar-refractivity contribution in [2.45, 2.75) is 18.5 Å². The van der Waals surface area contributed by atoms with E-state index in [4.69, 9.17) is 16.0 Å². The number of aromatic nitrogens is 2. The van der Waals surface area contributed by atoms with Crippen molar-refractivity contribution < 1.29 is 17.6 Å². The highest BCUT2D eigenvalue weighted by molar-refractivity contribution is 6.16. The van der Waals surface area contributed by atoms with Crippen LogP contribution >= 0.6 is 11.6 Å². The third-order valence-electron chi connectivity index (χ3n) is 1.27. The van der Waals surface area contributed by atoms with E-state index in [2.05, 4.69) is 15.5 Å². The molecule has 0 saturated carbocycles. The van der Waals surface area contributed by atoms with Crippen molar-refractivity contribution in [1.82, 2.24) is 10.2 Å². The lowest BCUT2D eigenvalue weighted by molar-refractivity contribution is -0.131. The molecule has 0 fully saturated rings. The fraction of sp³-hybridized carbons (Fsp3) is 0.667. The number of rotatable bonds is 4. The summed E-state index contributed by atoms with van der Waals surface area (Å²) in [5.41, 5.74) is 0. The minimum atomic E-state index is -4.19. The molecule has 1 aromatic rings. The van der Waals surface area contributed by atoms with Crippen LogP contribution < -0.4 is 5.32 Å². The van der Waals surface area contributed by atoms with Crippen molar-refractivity contribution in [1.29, 1.82) is 0 Å². The van der Waals surface area contributed by atoms with Gasteiger partial charge in [-0.3, -0.25) is 0 Å². The molecule has 0 unspecified atom stereocenters. The average Bonchev–Trinajstić information content (AvgIpc) is 2.50. The molecule has 0 aliphatic carbocycles. The third kappa shape index (κ3) is 3.82. The molecule has 1 aromatic heterocycles. The first-order valence-corrected chi connectivity index (χ1v) is 4.23. The van der Waals surface area contributed by atoms with Crippen LogP contribution in [0.25, 0.3) is 0 Å². The summed E-state index contributed by atoms with van der Waals surface area (Å²) >= 11 is 5.34. The first kappa shape index (κ1) is 11.1. The molecule has 1 rings (SSSR count). The Labute approximate surface area is 82.4 Å². The molecule has 0 bridgehead atoms. The Morgan fingerprint density at radius 1 is 1.36 bits per heavy atom. The molecule has 0 spiro atoms. The van der Waals surface area contributed by atoms with Gasteiger partial charge in [0.2, 0.25) is 5.89 Å². The van der Waals surface area contributed by atoms with Crippen molar-refractivity contribution in [3.63, 3.8) is 0 Å². The Kier molecular flexibility index (Phi) is 3.56. The SMILES string of the molecule is FC(F)(F)CCNc1nnc(CCl)o1. The highest BCUT2D eigenvalue weighted by atomic mass is 35.5. The van der Waals surface area contributed by atoms with Crippen molar-refractivity contribution in [2.75, 3.05) is 11.9 Å². The van der Waals surface area contributed by atoms with Gasteiger partial charge in [-0.25, -0.2) is 0 Å². The number of hydrogen-bond acceptors (Lipinski definition) is 4. The van der Waals surface area contributed by atoms with E-state index < -0.39 is 12.6 Å². The molecule has 0 atom stereocenters. The van der Waals surface area contributed by atoms with Gasteiger partial charge in [-0.05, 0) is 0 Å². The van der Waals surface area contributed by atoms with Gasteiger partial charge in [0, 0.05) is 6.54 Å². The highest BCUT2D eigenvalue weighted by Gasteiger charge is 2.26. The van der Waals surface area contributed by atoms with E-state index >= 15 is 0 Å². The van der Waals surface area contributed by atoms with Crippen LogP contribution in [0.4, 0.5) is 19.2 Å². The van der Waals surface area contributed by atoms with E-state index in [0.29, 0.717) is 0 Å². The average molecular weight is 230 g/mol. The summed E-state index contributed by atoms with van der Waals surface area (Å²) in [6, 6.07) is -0.0510. The highest BCUT2D eigenvalue weighted by Crippen LogP contribution is 2.19. The second kappa shape index (κ2) is 4.50. The van der Waals surface area contributed by atoms with E-state index in [1.807, 2.05) is 0 Å². The second-order valence-corrected chi connectivity index (χ2v) is 2.69. The maximum absolute atomic E-state index is 11.7. The first-order chi connectivity index (χ1) is 6.51. The summed E-state index contributed by atoms with van der Waals surface area (Å²) in [5, 5.41) is 9.22. The van der Waals surface area contributed by atoms with E-state index in [1.54, 1.807) is 0 Å². The van der Waals surface area contributed by atoms with Crippen LogP contribution in [-0.2, 0) is 5.88 Å². The van der Waals surface area contributed by atoms with Gasteiger partial charge < -0.3 is 9.73 Å². The maximum Gasteiger partial charge on any atom is 0.390 e. The lowest BCUT2D eigenvalue weighted by atomic mass is 10.4. The lowest BCUT2D eigenvalue weighted by Crippen LogP contribution is -2.14. The zero-order chi connectivity index (χ0) is 10.6. The molecule has 4 nitrogen and oxygen atoms in total. The van der Waals surface area contributed by atoms with Crippen LogP contribution in [0.1, 0.15) is 12.3 Å². The molecular weight excluding hydrogens is 223 g/mol. The second-order valence-electron chi connectivity index (χ2n) is 2.43. The number of nitrogens with one attached hydrogen (secondary N) is 1. The molecule has 14 heavy (non-hydrogen) atoms. The van der Waals surface area contributed by atoms with Gasteiger partial charge in [-0.15, -0.1) is 16.7 Å². The summed E-state index contributed by atoms with van der Waals surface area (Å²) in [4.78, 5) is 0. The minimum absolute atomic E-state index is 0.0357. The van der Waals surface area contributed by atoms with Crippen molar-refractivity contribution in [3.8, 4) is 0 Å². The molecule has 0 amide bonds. The van der Waals surface area contributed by atoms with Crippen LogP contribution in [0.2, 0.25) is 0 Å². The molecule has 80 valence electrons. The summed E-state index contributed by atoms with van der Waals surface area (Å²) in [6.07, 6.45) is -5.14. The Morgan fingerprint density at radius 3 is 2.57 bits per heavy atom. The molecule has 0 saturated heterocycles. The van der Waals surface area contributed by atoms with Crippen molar-refractivity contribution in [2.24, 2.45) is 0 Å². The Morgan fingerprint density at radius 2 is 2.07 bits per heavy atom. The Bertz CT molecular complexity index is 288. The Hall–Kier alpha value is -0.980. The van der Waals surface area contributed by atoms with Crippen molar-refractivity contribution >= 4 is 17.6 Å². The lowest BCUT2D eigenvalue weighted by Gasteiger charge is -2.04. The van der Waals surface area contributed by atoms with Crippen LogP contribution in [0, 0.1) is 0 Å². The smallest absolute Gasteiger partial charge is 0.390 e. The molecule has 0 radical (unpaired) electrons. The zero-order valence-corrected chi connectivity index (χ0v) is 7.69.